The predicted octanol–water partition coefficient (Wildman–Crippen LogP) is 3.95. The molecule has 0 radical (unpaired) electrons. The molecule has 1 fully saturated rings. The number of nitrogens with zero attached hydrogens (tertiary/aromatic N) is 4. The number of ether oxygens (including phenoxy) is 1. The van der Waals surface area contributed by atoms with Crippen LogP contribution in [-0.4, -0.2) is 56.9 Å². The molecule has 3 aromatic rings. The minimum absolute atomic E-state index is 0.200. The van der Waals surface area contributed by atoms with E-state index in [-0.39, 0.29) is 6.03 Å². The van der Waals surface area contributed by atoms with Gasteiger partial charge in [0.15, 0.2) is 0 Å². The molecule has 0 aliphatic carbocycles. The van der Waals surface area contributed by atoms with Gasteiger partial charge in [0.1, 0.15) is 0 Å². The number of anilines is 1. The minimum Gasteiger partial charge on any atom is -0.381 e. The lowest BCUT2D eigenvalue weighted by atomic mass is 10.0. The maximum atomic E-state index is 13.3. The number of hydrogen-bond acceptors (Lipinski definition) is 6. The first-order valence-electron chi connectivity index (χ1n) is 11.3. The van der Waals surface area contributed by atoms with E-state index in [4.69, 9.17) is 32.9 Å². The van der Waals surface area contributed by atoms with Gasteiger partial charge in [-0.05, 0) is 48.6 Å². The fourth-order valence-electron chi connectivity index (χ4n) is 4.25. The number of halogens is 2. The van der Waals surface area contributed by atoms with Crippen LogP contribution in [0, 0.1) is 0 Å². The van der Waals surface area contributed by atoms with Crippen LogP contribution >= 0.6 is 23.2 Å². The Hall–Kier alpha value is -2.88. The van der Waals surface area contributed by atoms with Crippen molar-refractivity contribution in [1.82, 2.24) is 30.4 Å². The van der Waals surface area contributed by atoms with Gasteiger partial charge in [0.05, 0.1) is 34.0 Å². The van der Waals surface area contributed by atoms with Crippen molar-refractivity contribution in [2.75, 3.05) is 25.1 Å². The maximum Gasteiger partial charge on any atom is 0.318 e. The summed E-state index contributed by atoms with van der Waals surface area (Å²) in [5, 5.41) is 14.4. The number of aromatic amines is 1. The van der Waals surface area contributed by atoms with E-state index in [0.29, 0.717) is 41.5 Å². The molecule has 5 rings (SSSR count). The van der Waals surface area contributed by atoms with E-state index in [0.717, 1.165) is 48.6 Å². The average molecular weight is 502 g/mol. The number of fused-ring (bicyclic) bond motifs is 1. The van der Waals surface area contributed by atoms with E-state index in [2.05, 4.69) is 25.8 Å². The highest BCUT2D eigenvalue weighted by Crippen LogP contribution is 2.29. The Morgan fingerprint density at radius 1 is 1.21 bits per heavy atom. The van der Waals surface area contributed by atoms with Crippen LogP contribution in [0.5, 0.6) is 0 Å². The fourth-order valence-corrected chi connectivity index (χ4v) is 4.55. The third-order valence-corrected chi connectivity index (χ3v) is 6.90. The van der Waals surface area contributed by atoms with Crippen molar-refractivity contribution in [3.05, 3.63) is 69.2 Å². The number of carbonyl (C=O) groups excluding carboxylic acids is 1. The summed E-state index contributed by atoms with van der Waals surface area (Å²) in [6.45, 7) is 2.47. The maximum absolute atomic E-state index is 13.3. The molecule has 2 aromatic heterocycles. The molecule has 1 aromatic carbocycles. The third-order valence-electron chi connectivity index (χ3n) is 6.17. The number of H-pyrrole nitrogens is 1. The van der Waals surface area contributed by atoms with Crippen LogP contribution < -0.4 is 10.6 Å². The molecule has 3 N–H and O–H groups in total. The summed E-state index contributed by atoms with van der Waals surface area (Å²) in [5.41, 5.74) is 3.47. The second-order valence-corrected chi connectivity index (χ2v) is 9.25. The molecule has 34 heavy (non-hydrogen) atoms. The summed E-state index contributed by atoms with van der Waals surface area (Å²) >= 11 is 12.3. The Labute approximate surface area is 207 Å². The number of aromatic nitrogens is 4. The number of carbonyl (C=O) groups is 1. The summed E-state index contributed by atoms with van der Waals surface area (Å²) in [5.74, 6) is 0.596. The van der Waals surface area contributed by atoms with E-state index < -0.39 is 6.04 Å². The first-order chi connectivity index (χ1) is 16.6. The van der Waals surface area contributed by atoms with Crippen molar-refractivity contribution >= 4 is 35.2 Å². The first kappa shape index (κ1) is 22.9. The zero-order valence-electron chi connectivity index (χ0n) is 18.4. The fraction of sp³-hybridized carbons (Fsp3) is 0.391. The van der Waals surface area contributed by atoms with Crippen molar-refractivity contribution in [3.63, 3.8) is 0 Å². The first-order valence-corrected chi connectivity index (χ1v) is 12.0. The van der Waals surface area contributed by atoms with Crippen molar-refractivity contribution in [1.29, 1.82) is 0 Å². The molecule has 1 saturated heterocycles. The molecule has 2 aliphatic heterocycles. The molecular weight excluding hydrogens is 477 g/mol. The Morgan fingerprint density at radius 3 is 2.82 bits per heavy atom. The molecule has 0 bridgehead atoms. The molecule has 2 aliphatic rings. The Kier molecular flexibility index (Phi) is 6.85. The van der Waals surface area contributed by atoms with Crippen LogP contribution in [0.3, 0.4) is 0 Å². The molecule has 2 amide bonds. The van der Waals surface area contributed by atoms with Gasteiger partial charge in [-0.3, -0.25) is 5.10 Å². The number of benzene rings is 1. The summed E-state index contributed by atoms with van der Waals surface area (Å²) in [4.78, 5) is 24.2. The molecule has 178 valence electrons. The Bertz CT molecular complexity index is 1150. The summed E-state index contributed by atoms with van der Waals surface area (Å²) in [6, 6.07) is 6.78. The van der Waals surface area contributed by atoms with Gasteiger partial charge in [0, 0.05) is 38.2 Å². The van der Waals surface area contributed by atoms with Gasteiger partial charge in [0.25, 0.3) is 0 Å². The molecular formula is C23H25Cl2N7O2. The number of nitrogens with one attached hydrogen (secondary N) is 3. The monoisotopic (exact) mass is 501 g/mol. The van der Waals surface area contributed by atoms with Gasteiger partial charge in [-0.1, -0.05) is 29.3 Å². The zero-order valence-corrected chi connectivity index (χ0v) is 19.9. The van der Waals surface area contributed by atoms with Crippen LogP contribution in [0.15, 0.2) is 36.7 Å². The number of hydrogen-bond donors (Lipinski definition) is 3. The zero-order chi connectivity index (χ0) is 23.5. The lowest BCUT2D eigenvalue weighted by molar-refractivity contribution is 0.0903. The summed E-state index contributed by atoms with van der Waals surface area (Å²) < 4.78 is 5.42. The van der Waals surface area contributed by atoms with E-state index in [9.17, 15) is 4.79 Å². The molecule has 1 atom stereocenters. The third kappa shape index (κ3) is 5.11. The number of amides is 2. The van der Waals surface area contributed by atoms with Crippen LogP contribution in [0.2, 0.25) is 10.0 Å². The lowest BCUT2D eigenvalue weighted by Crippen LogP contribution is -2.44. The van der Waals surface area contributed by atoms with Crippen LogP contribution in [0.4, 0.5) is 10.7 Å². The molecule has 0 spiro atoms. The summed E-state index contributed by atoms with van der Waals surface area (Å²) in [6.07, 6.45) is 6.06. The van der Waals surface area contributed by atoms with Gasteiger partial charge >= 0.3 is 6.03 Å². The molecule has 4 heterocycles. The van der Waals surface area contributed by atoms with Crippen molar-refractivity contribution in [3.8, 4) is 0 Å². The average Bonchev–Trinajstić information content (AvgIpc) is 3.39. The quantitative estimate of drug-likeness (QED) is 0.488. The van der Waals surface area contributed by atoms with Crippen molar-refractivity contribution in [2.24, 2.45) is 0 Å². The van der Waals surface area contributed by atoms with Gasteiger partial charge in [-0.15, -0.1) is 0 Å². The van der Waals surface area contributed by atoms with Crippen molar-refractivity contribution in [2.45, 2.75) is 37.9 Å². The normalized spacial score (nSPS) is 17.2. The SMILES string of the molecule is O=C(NC(c1ccc(Cl)c(Cl)c1)c1ccn[nH]1)N1CCc2cnc(NC3CCOCC3)nc2C1. The second kappa shape index (κ2) is 10.2. The largest absolute Gasteiger partial charge is 0.381 e. The highest BCUT2D eigenvalue weighted by atomic mass is 35.5. The smallest absolute Gasteiger partial charge is 0.318 e. The standard InChI is InChI=1S/C23H25Cl2N7O2/c24-17-2-1-14(11-18(17)25)21(19-3-7-27-31-19)30-23(33)32-8-4-15-12-26-22(29-20(15)13-32)28-16-5-9-34-10-6-16/h1-3,7,11-12,16,21H,4-6,8-10,13H2,(H,27,31)(H,30,33)(H,26,28,29). The highest BCUT2D eigenvalue weighted by molar-refractivity contribution is 6.42. The van der Waals surface area contributed by atoms with Gasteiger partial charge < -0.3 is 20.3 Å². The predicted molar refractivity (Wildman–Crippen MR) is 129 cm³/mol. The van der Waals surface area contributed by atoms with Gasteiger partial charge in [-0.25, -0.2) is 14.8 Å². The number of rotatable bonds is 5. The molecule has 9 nitrogen and oxygen atoms in total. The van der Waals surface area contributed by atoms with Crippen molar-refractivity contribution < 1.29 is 9.53 Å². The molecule has 1 unspecified atom stereocenters. The van der Waals surface area contributed by atoms with Crippen LogP contribution in [0.1, 0.15) is 41.4 Å². The second-order valence-electron chi connectivity index (χ2n) is 8.44. The summed E-state index contributed by atoms with van der Waals surface area (Å²) in [7, 11) is 0. The van der Waals surface area contributed by atoms with Crippen LogP contribution in [0.25, 0.3) is 0 Å². The Morgan fingerprint density at radius 2 is 2.06 bits per heavy atom. The Balaban J connectivity index is 1.30. The van der Waals surface area contributed by atoms with Gasteiger partial charge in [0.2, 0.25) is 5.95 Å². The highest BCUT2D eigenvalue weighted by Gasteiger charge is 2.27. The minimum atomic E-state index is -0.456. The van der Waals surface area contributed by atoms with Gasteiger partial charge in [-0.2, -0.15) is 5.10 Å². The topological polar surface area (TPSA) is 108 Å². The number of urea groups is 1. The van der Waals surface area contributed by atoms with E-state index >= 15 is 0 Å². The molecule has 11 heteroatoms. The van der Waals surface area contributed by atoms with E-state index in [1.165, 1.54) is 0 Å². The van der Waals surface area contributed by atoms with Crippen LogP contribution in [-0.2, 0) is 17.7 Å². The van der Waals surface area contributed by atoms with E-state index in [1.807, 2.05) is 18.3 Å². The molecule has 0 saturated carbocycles. The lowest BCUT2D eigenvalue weighted by Gasteiger charge is -2.30. The van der Waals surface area contributed by atoms with E-state index in [1.54, 1.807) is 23.2 Å².